The lowest BCUT2D eigenvalue weighted by atomic mass is 9.47. The number of ketones is 2. The van der Waals surface area contributed by atoms with Crippen LogP contribution < -0.4 is 9.47 Å². The van der Waals surface area contributed by atoms with Gasteiger partial charge in [0.1, 0.15) is 11.6 Å². The fourth-order valence-corrected chi connectivity index (χ4v) is 6.59. The maximum Gasteiger partial charge on any atom is 0.231 e. The van der Waals surface area contributed by atoms with Crippen molar-refractivity contribution in [3.8, 4) is 11.5 Å². The molecule has 3 aliphatic rings. The zero-order chi connectivity index (χ0) is 21.5. The summed E-state index contributed by atoms with van der Waals surface area (Å²) >= 11 is 0. The number of carbonyl (C=O) groups excluding carboxylic acids is 2. The number of nitrogens with one attached hydrogen (secondary N) is 1. The Balaban J connectivity index is 1.68. The summed E-state index contributed by atoms with van der Waals surface area (Å²) in [5.41, 5.74) is 2.74. The van der Waals surface area contributed by atoms with E-state index in [1.807, 2.05) is 44.2 Å². The molecule has 0 bridgehead atoms. The van der Waals surface area contributed by atoms with Crippen LogP contribution in [0.25, 0.3) is 10.9 Å². The Hall–Kier alpha value is -3.08. The summed E-state index contributed by atoms with van der Waals surface area (Å²) in [4.78, 5) is 30.8. The van der Waals surface area contributed by atoms with Gasteiger partial charge in [0, 0.05) is 45.7 Å². The van der Waals surface area contributed by atoms with E-state index in [-0.39, 0.29) is 24.3 Å². The number of fused-ring (bicyclic) bond motifs is 5. The molecule has 158 valence electrons. The minimum atomic E-state index is -0.752. The van der Waals surface area contributed by atoms with E-state index in [0.717, 1.165) is 27.7 Å². The van der Waals surface area contributed by atoms with Gasteiger partial charge in [-0.3, -0.25) is 9.59 Å². The number of Topliss-reactive ketones (excluding diaryl/α,β-unsaturated/α-hetero) is 2. The highest BCUT2D eigenvalue weighted by molar-refractivity contribution is 6.03. The Morgan fingerprint density at radius 3 is 2.65 bits per heavy atom. The van der Waals surface area contributed by atoms with E-state index in [0.29, 0.717) is 24.3 Å². The number of carbonyl (C=O) groups is 2. The SMILES string of the molecule is CC1CC(=O)C2C(C)(Cc3c([nH]c4ccccc34)C2(C)c2ccc3c(c2)OCO3)C1=O. The van der Waals surface area contributed by atoms with Crippen LogP contribution in [0, 0.1) is 17.3 Å². The van der Waals surface area contributed by atoms with Crippen molar-refractivity contribution in [3.05, 3.63) is 59.3 Å². The van der Waals surface area contributed by atoms with Gasteiger partial charge in [-0.05, 0) is 42.7 Å². The number of rotatable bonds is 1. The van der Waals surface area contributed by atoms with E-state index in [1.54, 1.807) is 0 Å². The maximum atomic E-state index is 13.6. The number of aromatic nitrogens is 1. The van der Waals surface area contributed by atoms with Crippen LogP contribution in [-0.4, -0.2) is 23.3 Å². The molecule has 0 spiro atoms. The first-order chi connectivity index (χ1) is 14.8. The predicted molar refractivity (Wildman–Crippen MR) is 116 cm³/mol. The Morgan fingerprint density at radius 1 is 1.03 bits per heavy atom. The van der Waals surface area contributed by atoms with Crippen molar-refractivity contribution in [1.29, 1.82) is 0 Å². The third-order valence-corrected chi connectivity index (χ3v) is 7.90. The molecule has 0 radical (unpaired) electrons. The fourth-order valence-electron chi connectivity index (χ4n) is 6.59. The van der Waals surface area contributed by atoms with Crippen LogP contribution in [0.4, 0.5) is 0 Å². The Bertz CT molecular complexity index is 1270. The fraction of sp³-hybridized carbons (Fsp3) is 0.385. The summed E-state index contributed by atoms with van der Waals surface area (Å²) in [6.45, 7) is 6.21. The highest BCUT2D eigenvalue weighted by Gasteiger charge is 2.62. The van der Waals surface area contributed by atoms with Gasteiger partial charge in [-0.25, -0.2) is 0 Å². The van der Waals surface area contributed by atoms with E-state index in [2.05, 4.69) is 24.0 Å². The number of hydrogen-bond acceptors (Lipinski definition) is 4. The van der Waals surface area contributed by atoms with E-state index >= 15 is 0 Å². The van der Waals surface area contributed by atoms with Crippen LogP contribution in [0.1, 0.15) is 44.0 Å². The normalized spacial score (nSPS) is 31.6. The van der Waals surface area contributed by atoms with Crippen molar-refractivity contribution in [2.45, 2.75) is 39.0 Å². The van der Waals surface area contributed by atoms with Gasteiger partial charge >= 0.3 is 0 Å². The summed E-state index contributed by atoms with van der Waals surface area (Å²) in [7, 11) is 0. The third kappa shape index (κ3) is 2.26. The van der Waals surface area contributed by atoms with Crippen LogP contribution in [0.15, 0.2) is 42.5 Å². The van der Waals surface area contributed by atoms with Gasteiger partial charge in [-0.15, -0.1) is 0 Å². The van der Waals surface area contributed by atoms with Crippen LogP contribution in [0.2, 0.25) is 0 Å². The third-order valence-electron chi connectivity index (χ3n) is 7.90. The van der Waals surface area contributed by atoms with Gasteiger partial charge in [0.05, 0.1) is 0 Å². The molecule has 4 unspecified atom stereocenters. The highest BCUT2D eigenvalue weighted by atomic mass is 16.7. The minimum Gasteiger partial charge on any atom is -0.454 e. The highest BCUT2D eigenvalue weighted by Crippen LogP contribution is 2.59. The topological polar surface area (TPSA) is 68.4 Å². The van der Waals surface area contributed by atoms with Crippen LogP contribution in [0.3, 0.4) is 0 Å². The molecule has 1 aliphatic heterocycles. The van der Waals surface area contributed by atoms with Crippen molar-refractivity contribution in [2.24, 2.45) is 17.3 Å². The average Bonchev–Trinajstić information content (AvgIpc) is 3.36. The largest absolute Gasteiger partial charge is 0.454 e. The lowest BCUT2D eigenvalue weighted by molar-refractivity contribution is -0.152. The molecular weight excluding hydrogens is 390 g/mol. The molecule has 5 nitrogen and oxygen atoms in total. The molecule has 4 atom stereocenters. The number of para-hydroxylation sites is 1. The van der Waals surface area contributed by atoms with Gasteiger partial charge in [0.25, 0.3) is 0 Å². The number of H-pyrrole nitrogens is 1. The summed E-state index contributed by atoms with van der Waals surface area (Å²) in [6, 6.07) is 14.1. The number of aromatic amines is 1. The molecule has 31 heavy (non-hydrogen) atoms. The van der Waals surface area contributed by atoms with Gasteiger partial charge in [0.15, 0.2) is 11.5 Å². The van der Waals surface area contributed by atoms with E-state index in [1.165, 1.54) is 0 Å². The molecule has 6 rings (SSSR count). The summed E-state index contributed by atoms with van der Waals surface area (Å²) in [5.74, 6) is 1.07. The zero-order valence-electron chi connectivity index (χ0n) is 18.0. The smallest absolute Gasteiger partial charge is 0.231 e. The number of ether oxygens (including phenoxy) is 2. The molecule has 1 saturated carbocycles. The molecular formula is C26H25NO4. The van der Waals surface area contributed by atoms with Gasteiger partial charge in [0.2, 0.25) is 6.79 Å². The molecule has 1 N–H and O–H groups in total. The summed E-state index contributed by atoms with van der Waals surface area (Å²) in [5, 5.41) is 1.13. The van der Waals surface area contributed by atoms with Crippen molar-refractivity contribution < 1.29 is 19.1 Å². The van der Waals surface area contributed by atoms with Gasteiger partial charge < -0.3 is 14.5 Å². The molecule has 1 aromatic heterocycles. The number of benzene rings is 2. The summed E-state index contributed by atoms with van der Waals surface area (Å²) in [6.07, 6.45) is 0.876. The molecule has 0 amide bonds. The van der Waals surface area contributed by atoms with Crippen LogP contribution >= 0.6 is 0 Å². The molecule has 1 fully saturated rings. The monoisotopic (exact) mass is 415 g/mol. The Morgan fingerprint density at radius 2 is 1.81 bits per heavy atom. The molecule has 3 aromatic rings. The lowest BCUT2D eigenvalue weighted by Gasteiger charge is -2.53. The van der Waals surface area contributed by atoms with Gasteiger partial charge in [-0.1, -0.05) is 38.1 Å². The zero-order valence-corrected chi connectivity index (χ0v) is 18.0. The first kappa shape index (κ1) is 18.7. The first-order valence-electron chi connectivity index (χ1n) is 10.9. The van der Waals surface area contributed by atoms with Crippen LogP contribution in [0.5, 0.6) is 11.5 Å². The molecule has 5 heteroatoms. The number of hydrogen-bond donors (Lipinski definition) is 1. The Labute approximate surface area is 180 Å². The van der Waals surface area contributed by atoms with E-state index in [4.69, 9.17) is 9.47 Å². The average molecular weight is 415 g/mol. The van der Waals surface area contributed by atoms with Crippen molar-refractivity contribution in [2.75, 3.05) is 6.79 Å². The van der Waals surface area contributed by atoms with E-state index < -0.39 is 16.7 Å². The second-order valence-electron chi connectivity index (χ2n) is 9.76. The van der Waals surface area contributed by atoms with E-state index in [9.17, 15) is 9.59 Å². The second-order valence-corrected chi connectivity index (χ2v) is 9.76. The Kier molecular flexibility index (Phi) is 3.61. The quantitative estimate of drug-likeness (QED) is 0.633. The molecule has 2 heterocycles. The molecule has 2 aromatic carbocycles. The van der Waals surface area contributed by atoms with Crippen LogP contribution in [-0.2, 0) is 21.4 Å². The van der Waals surface area contributed by atoms with Gasteiger partial charge in [-0.2, -0.15) is 0 Å². The maximum absolute atomic E-state index is 13.6. The summed E-state index contributed by atoms with van der Waals surface area (Å²) < 4.78 is 11.2. The lowest BCUT2D eigenvalue weighted by Crippen LogP contribution is -2.60. The van der Waals surface area contributed by atoms with Crippen molar-refractivity contribution >= 4 is 22.5 Å². The van der Waals surface area contributed by atoms with Crippen molar-refractivity contribution in [1.82, 2.24) is 4.98 Å². The molecule has 0 saturated heterocycles. The minimum absolute atomic E-state index is 0.166. The molecule has 2 aliphatic carbocycles. The standard InChI is InChI=1S/C26H25NO4/c1-14-10-19(28)22-25(2,24(14)29)12-17-16-6-4-5-7-18(16)27-23(17)26(22,3)15-8-9-20-21(11-15)31-13-30-20/h4-9,11,14,22,27H,10,12-13H2,1-3H3. The second kappa shape index (κ2) is 6.00. The van der Waals surface area contributed by atoms with Crippen molar-refractivity contribution in [3.63, 3.8) is 0 Å². The first-order valence-corrected chi connectivity index (χ1v) is 10.9. The predicted octanol–water partition coefficient (Wildman–Crippen LogP) is 4.56.